The maximum atomic E-state index is 10.4. The lowest BCUT2D eigenvalue weighted by molar-refractivity contribution is 0.1000. The van der Waals surface area contributed by atoms with Gasteiger partial charge in [-0.3, -0.25) is 4.79 Å². The fraction of sp³-hybridized carbons (Fsp3) is 0.533. The van der Waals surface area contributed by atoms with Crippen molar-refractivity contribution in [2.24, 2.45) is 5.73 Å². The number of carbonyl (C=O) groups excluding carboxylic acids is 1. The second-order valence-electron chi connectivity index (χ2n) is 4.56. The van der Waals surface area contributed by atoms with Crippen LogP contribution in [-0.4, -0.2) is 39.4 Å². The van der Waals surface area contributed by atoms with E-state index in [-0.39, 0.29) is 12.5 Å². The molecule has 0 saturated heterocycles. The molecule has 0 radical (unpaired) electrons. The third kappa shape index (κ3) is 9.36. The zero-order valence-corrected chi connectivity index (χ0v) is 14.2. The summed E-state index contributed by atoms with van der Waals surface area (Å²) in [6.45, 7) is 7.63. The molecule has 1 rings (SSSR count). The second kappa shape index (κ2) is 11.4. The summed E-state index contributed by atoms with van der Waals surface area (Å²) in [7, 11) is -1.93. The number of amides is 1. The number of benzene rings is 1. The average molecular weight is 313 g/mol. The number of hydrogen-bond acceptors (Lipinski definition) is 4. The normalized spacial score (nSPS) is 10.7. The number of hydrogen-bond donors (Lipinski definition) is 2. The van der Waals surface area contributed by atoms with E-state index in [1.54, 1.807) is 24.3 Å². The molecule has 21 heavy (non-hydrogen) atoms. The predicted molar refractivity (Wildman–Crippen MR) is 86.3 cm³/mol. The standard InChI is InChI=1S/C8H20O3Si.C7H7NO/c1-4-10-12(3,11-5-2)8-6-7-9;8-7(9)6-4-2-1-3-5-6/h9H,4-8H2,1-3H3;1-5H,(H2,8,9). The number of primary amides is 1. The summed E-state index contributed by atoms with van der Waals surface area (Å²) in [6.07, 6.45) is 0.780. The molecule has 1 amide bonds. The summed E-state index contributed by atoms with van der Waals surface area (Å²) < 4.78 is 11.2. The van der Waals surface area contributed by atoms with Crippen LogP contribution in [-0.2, 0) is 8.85 Å². The van der Waals surface area contributed by atoms with Gasteiger partial charge in [0.2, 0.25) is 5.91 Å². The highest BCUT2D eigenvalue weighted by Gasteiger charge is 2.29. The lowest BCUT2D eigenvalue weighted by atomic mass is 10.2. The van der Waals surface area contributed by atoms with Gasteiger partial charge >= 0.3 is 8.56 Å². The van der Waals surface area contributed by atoms with E-state index in [4.69, 9.17) is 19.7 Å². The first-order chi connectivity index (χ1) is 9.99. The molecule has 0 saturated carbocycles. The first kappa shape index (κ1) is 19.8. The summed E-state index contributed by atoms with van der Waals surface area (Å²) in [4.78, 5) is 10.4. The lowest BCUT2D eigenvalue weighted by Crippen LogP contribution is -2.38. The van der Waals surface area contributed by atoms with Gasteiger partial charge in [-0.05, 0) is 45.0 Å². The second-order valence-corrected chi connectivity index (χ2v) is 7.90. The van der Waals surface area contributed by atoms with E-state index in [0.717, 1.165) is 12.5 Å². The summed E-state index contributed by atoms with van der Waals surface area (Å²) in [5, 5.41) is 8.68. The summed E-state index contributed by atoms with van der Waals surface area (Å²) in [5.74, 6) is -0.379. The molecule has 1 aromatic carbocycles. The minimum absolute atomic E-state index is 0.225. The van der Waals surface area contributed by atoms with Crippen LogP contribution in [0.2, 0.25) is 12.6 Å². The first-order valence-corrected chi connectivity index (χ1v) is 9.75. The van der Waals surface area contributed by atoms with Crippen LogP contribution in [0.1, 0.15) is 30.6 Å². The van der Waals surface area contributed by atoms with Crippen molar-refractivity contribution >= 4 is 14.5 Å². The summed E-state index contributed by atoms with van der Waals surface area (Å²) >= 11 is 0. The smallest absolute Gasteiger partial charge is 0.334 e. The molecule has 0 atom stereocenters. The van der Waals surface area contributed by atoms with E-state index in [0.29, 0.717) is 18.8 Å². The van der Waals surface area contributed by atoms with Gasteiger partial charge in [-0.15, -0.1) is 0 Å². The molecular formula is C15H27NO4Si. The third-order valence-corrected chi connectivity index (χ3v) is 5.81. The third-order valence-electron chi connectivity index (χ3n) is 2.75. The summed E-state index contributed by atoms with van der Waals surface area (Å²) in [5.41, 5.74) is 5.53. The van der Waals surface area contributed by atoms with E-state index < -0.39 is 8.56 Å². The Balaban J connectivity index is 0.000000394. The van der Waals surface area contributed by atoms with Crippen molar-refractivity contribution in [3.63, 3.8) is 0 Å². The van der Waals surface area contributed by atoms with Crippen molar-refractivity contribution in [3.8, 4) is 0 Å². The van der Waals surface area contributed by atoms with E-state index in [1.165, 1.54) is 0 Å². The zero-order valence-electron chi connectivity index (χ0n) is 13.2. The van der Waals surface area contributed by atoms with Crippen LogP contribution >= 0.6 is 0 Å². The van der Waals surface area contributed by atoms with Crippen molar-refractivity contribution in [2.45, 2.75) is 32.9 Å². The largest absolute Gasteiger partial charge is 0.396 e. The fourth-order valence-electron chi connectivity index (χ4n) is 1.80. The Morgan fingerprint density at radius 2 is 1.71 bits per heavy atom. The number of nitrogens with two attached hydrogens (primary N) is 1. The molecular weight excluding hydrogens is 286 g/mol. The maximum Gasteiger partial charge on any atom is 0.334 e. The van der Waals surface area contributed by atoms with Gasteiger partial charge in [0.15, 0.2) is 0 Å². The zero-order chi connectivity index (χ0) is 16.1. The quantitative estimate of drug-likeness (QED) is 0.722. The van der Waals surface area contributed by atoms with Crippen LogP contribution in [0.5, 0.6) is 0 Å². The molecule has 0 bridgehead atoms. The van der Waals surface area contributed by atoms with Gasteiger partial charge in [0, 0.05) is 25.4 Å². The number of rotatable bonds is 8. The molecule has 3 N–H and O–H groups in total. The van der Waals surface area contributed by atoms with Gasteiger partial charge in [0.05, 0.1) is 0 Å². The minimum atomic E-state index is -1.93. The van der Waals surface area contributed by atoms with Gasteiger partial charge in [-0.2, -0.15) is 0 Å². The molecule has 6 heteroatoms. The molecule has 1 aromatic rings. The van der Waals surface area contributed by atoms with E-state index in [1.807, 2.05) is 19.9 Å². The van der Waals surface area contributed by atoms with Gasteiger partial charge < -0.3 is 19.7 Å². The molecule has 0 aromatic heterocycles. The summed E-state index contributed by atoms with van der Waals surface area (Å²) in [6, 6.07) is 9.64. The van der Waals surface area contributed by atoms with E-state index in [9.17, 15) is 4.79 Å². The molecule has 0 aliphatic heterocycles. The van der Waals surface area contributed by atoms with Crippen LogP contribution in [0.4, 0.5) is 0 Å². The van der Waals surface area contributed by atoms with Crippen LogP contribution in [0.3, 0.4) is 0 Å². The Morgan fingerprint density at radius 3 is 2.05 bits per heavy atom. The van der Waals surface area contributed by atoms with Gasteiger partial charge in [0.25, 0.3) is 0 Å². The molecule has 0 aliphatic carbocycles. The Kier molecular flexibility index (Phi) is 10.8. The van der Waals surface area contributed by atoms with Crippen molar-refractivity contribution in [3.05, 3.63) is 35.9 Å². The lowest BCUT2D eigenvalue weighted by Gasteiger charge is -2.25. The van der Waals surface area contributed by atoms with Gasteiger partial charge in [0.1, 0.15) is 0 Å². The van der Waals surface area contributed by atoms with Crippen LogP contribution < -0.4 is 5.73 Å². The monoisotopic (exact) mass is 313 g/mol. The van der Waals surface area contributed by atoms with Crippen molar-refractivity contribution in [2.75, 3.05) is 19.8 Å². The number of aliphatic hydroxyl groups is 1. The molecule has 5 nitrogen and oxygen atoms in total. The van der Waals surface area contributed by atoms with E-state index in [2.05, 4.69) is 6.55 Å². The molecule has 0 heterocycles. The number of carbonyl (C=O) groups is 1. The fourth-order valence-corrected chi connectivity index (χ4v) is 4.19. The van der Waals surface area contributed by atoms with Crippen LogP contribution in [0.25, 0.3) is 0 Å². The highest BCUT2D eigenvalue weighted by molar-refractivity contribution is 6.66. The SMILES string of the molecule is CCO[Si](C)(CCCO)OCC.NC(=O)c1ccccc1. The number of aliphatic hydroxyl groups excluding tert-OH is 1. The van der Waals surface area contributed by atoms with Crippen molar-refractivity contribution in [1.82, 2.24) is 0 Å². The highest BCUT2D eigenvalue weighted by atomic mass is 28.4. The van der Waals surface area contributed by atoms with E-state index >= 15 is 0 Å². The molecule has 0 unspecified atom stereocenters. The average Bonchev–Trinajstić information content (AvgIpc) is 2.47. The minimum Gasteiger partial charge on any atom is -0.396 e. The first-order valence-electron chi connectivity index (χ1n) is 7.22. The highest BCUT2D eigenvalue weighted by Crippen LogP contribution is 2.15. The van der Waals surface area contributed by atoms with Crippen LogP contribution in [0.15, 0.2) is 30.3 Å². The topological polar surface area (TPSA) is 81.8 Å². The van der Waals surface area contributed by atoms with Crippen LogP contribution in [0, 0.1) is 0 Å². The van der Waals surface area contributed by atoms with Gasteiger partial charge in [-0.1, -0.05) is 18.2 Å². The Hall–Kier alpha value is -1.21. The maximum absolute atomic E-state index is 10.4. The Morgan fingerprint density at radius 1 is 1.19 bits per heavy atom. The molecule has 120 valence electrons. The molecule has 0 fully saturated rings. The molecule has 0 spiro atoms. The molecule has 0 aliphatic rings. The van der Waals surface area contributed by atoms with Gasteiger partial charge in [-0.25, -0.2) is 0 Å². The Labute approximate surface area is 128 Å². The predicted octanol–water partition coefficient (Wildman–Crippen LogP) is 2.30. The Bertz CT molecular complexity index is 381. The van der Waals surface area contributed by atoms with Crippen molar-refractivity contribution in [1.29, 1.82) is 0 Å². The van der Waals surface area contributed by atoms with Crippen molar-refractivity contribution < 1.29 is 18.8 Å².